The van der Waals surface area contributed by atoms with E-state index in [1.165, 1.54) is 36.1 Å². The van der Waals surface area contributed by atoms with Gasteiger partial charge in [0.05, 0.1) is 29.0 Å². The third-order valence-corrected chi connectivity index (χ3v) is 4.63. The average molecular weight is 399 g/mol. The number of ketones is 1. The molecule has 0 bridgehead atoms. The largest absolute Gasteiger partial charge is 0.465 e. The van der Waals surface area contributed by atoms with Gasteiger partial charge >= 0.3 is 5.97 Å². The topological polar surface area (TPSA) is 130 Å². The van der Waals surface area contributed by atoms with Gasteiger partial charge in [0.25, 0.3) is 5.69 Å². The van der Waals surface area contributed by atoms with Gasteiger partial charge in [-0.2, -0.15) is 4.68 Å². The number of esters is 1. The molecule has 0 amide bonds. The summed E-state index contributed by atoms with van der Waals surface area (Å²) in [5, 5.41) is 22.5. The molecule has 0 N–H and O–H groups in total. The molecule has 1 aromatic heterocycles. The first-order valence-corrected chi connectivity index (χ1v) is 8.85. The number of hydrogen-bond donors (Lipinski definition) is 0. The molecule has 142 valence electrons. The molecule has 11 heteroatoms. The molecule has 3 aromatic rings. The summed E-state index contributed by atoms with van der Waals surface area (Å²) in [6, 6.07) is 11.9. The van der Waals surface area contributed by atoms with E-state index in [1.807, 2.05) is 0 Å². The third kappa shape index (κ3) is 4.20. The number of ether oxygens (including phenoxy) is 1. The van der Waals surface area contributed by atoms with Crippen LogP contribution in [0.3, 0.4) is 0 Å². The normalized spacial score (nSPS) is 10.5. The van der Waals surface area contributed by atoms with E-state index in [4.69, 9.17) is 0 Å². The number of hydrogen-bond acceptors (Lipinski definition) is 9. The fraction of sp³-hybridized carbons (Fsp3) is 0.118. The molecule has 0 radical (unpaired) electrons. The number of tetrazole rings is 1. The molecule has 0 atom stereocenters. The van der Waals surface area contributed by atoms with Crippen LogP contribution in [0.4, 0.5) is 5.69 Å². The van der Waals surface area contributed by atoms with Gasteiger partial charge in [-0.25, -0.2) is 4.79 Å². The Balaban J connectivity index is 1.69. The summed E-state index contributed by atoms with van der Waals surface area (Å²) < 4.78 is 6.09. The molecule has 0 aliphatic carbocycles. The van der Waals surface area contributed by atoms with Gasteiger partial charge in [-0.1, -0.05) is 11.8 Å². The molecule has 0 saturated heterocycles. The molecule has 10 nitrogen and oxygen atoms in total. The van der Waals surface area contributed by atoms with Crippen molar-refractivity contribution < 1.29 is 19.2 Å². The molecule has 0 unspecified atom stereocenters. The number of methoxy groups -OCH3 is 1. The van der Waals surface area contributed by atoms with Gasteiger partial charge in [0.2, 0.25) is 5.16 Å². The summed E-state index contributed by atoms with van der Waals surface area (Å²) in [7, 11) is 1.30. The Kier molecular flexibility index (Phi) is 5.75. The first kappa shape index (κ1) is 19.2. The molecular weight excluding hydrogens is 386 g/mol. The summed E-state index contributed by atoms with van der Waals surface area (Å²) in [5.41, 5.74) is 1.29. The monoisotopic (exact) mass is 399 g/mol. The van der Waals surface area contributed by atoms with Crippen molar-refractivity contribution in [3.63, 3.8) is 0 Å². The minimum absolute atomic E-state index is 0.0540. The Morgan fingerprint density at radius 3 is 2.36 bits per heavy atom. The molecule has 0 fully saturated rings. The van der Waals surface area contributed by atoms with E-state index >= 15 is 0 Å². The summed E-state index contributed by atoms with van der Waals surface area (Å²) in [6.07, 6.45) is 0. The third-order valence-electron chi connectivity index (χ3n) is 3.71. The molecule has 0 spiro atoms. The van der Waals surface area contributed by atoms with Crippen LogP contribution < -0.4 is 0 Å². The van der Waals surface area contributed by atoms with Crippen LogP contribution in [0.25, 0.3) is 5.69 Å². The maximum atomic E-state index is 12.3. The molecule has 3 rings (SSSR count). The van der Waals surface area contributed by atoms with E-state index in [0.717, 1.165) is 11.8 Å². The molecule has 0 aliphatic rings. The summed E-state index contributed by atoms with van der Waals surface area (Å²) in [4.78, 5) is 34.0. The summed E-state index contributed by atoms with van der Waals surface area (Å²) in [5.74, 6) is -0.611. The number of benzene rings is 2. The first-order chi connectivity index (χ1) is 13.5. The minimum Gasteiger partial charge on any atom is -0.465 e. The van der Waals surface area contributed by atoms with Gasteiger partial charge in [-0.15, -0.1) is 5.10 Å². The second-order valence-electron chi connectivity index (χ2n) is 5.43. The highest BCUT2D eigenvalue weighted by Crippen LogP contribution is 2.21. The van der Waals surface area contributed by atoms with Crippen LogP contribution in [0.5, 0.6) is 0 Å². The Labute approximate surface area is 162 Å². The Bertz CT molecular complexity index is 1020. The fourth-order valence-corrected chi connectivity index (χ4v) is 3.06. The lowest BCUT2D eigenvalue weighted by molar-refractivity contribution is -0.384. The van der Waals surface area contributed by atoms with Crippen LogP contribution in [-0.2, 0) is 4.74 Å². The molecule has 28 heavy (non-hydrogen) atoms. The Morgan fingerprint density at radius 2 is 1.75 bits per heavy atom. The van der Waals surface area contributed by atoms with E-state index in [-0.39, 0.29) is 17.2 Å². The SMILES string of the molecule is COC(=O)c1ccc(-n2nnnc2SCC(=O)c2ccc([N+](=O)[O-])cc2)cc1. The van der Waals surface area contributed by atoms with E-state index in [1.54, 1.807) is 24.3 Å². The number of non-ortho nitro benzene ring substituents is 1. The molecule has 2 aromatic carbocycles. The summed E-state index contributed by atoms with van der Waals surface area (Å²) in [6.45, 7) is 0. The molecule has 1 heterocycles. The van der Waals surface area contributed by atoms with Crippen molar-refractivity contribution in [2.75, 3.05) is 12.9 Å². The van der Waals surface area contributed by atoms with Gasteiger partial charge in [-0.3, -0.25) is 14.9 Å². The maximum Gasteiger partial charge on any atom is 0.337 e. The van der Waals surface area contributed by atoms with Gasteiger partial charge < -0.3 is 4.74 Å². The lowest BCUT2D eigenvalue weighted by Gasteiger charge is -2.05. The fourth-order valence-electron chi connectivity index (χ4n) is 2.27. The number of carbonyl (C=O) groups excluding carboxylic acids is 2. The van der Waals surface area contributed by atoms with Crippen LogP contribution in [0.15, 0.2) is 53.7 Å². The minimum atomic E-state index is -0.525. The second kappa shape index (κ2) is 8.39. The van der Waals surface area contributed by atoms with Gasteiger partial charge in [0.15, 0.2) is 5.78 Å². The predicted molar refractivity (Wildman–Crippen MR) is 98.6 cm³/mol. The highest BCUT2D eigenvalue weighted by atomic mass is 32.2. The van der Waals surface area contributed by atoms with Crippen LogP contribution in [-0.4, -0.2) is 49.7 Å². The zero-order valence-electron chi connectivity index (χ0n) is 14.5. The number of thioether (sulfide) groups is 1. The quantitative estimate of drug-likeness (QED) is 0.193. The zero-order valence-corrected chi connectivity index (χ0v) is 15.3. The predicted octanol–water partition coefficient (Wildman–Crippen LogP) is 2.33. The van der Waals surface area contributed by atoms with Crippen LogP contribution in [0.2, 0.25) is 0 Å². The van der Waals surface area contributed by atoms with Crippen LogP contribution in [0, 0.1) is 10.1 Å². The Morgan fingerprint density at radius 1 is 1.11 bits per heavy atom. The lowest BCUT2D eigenvalue weighted by Crippen LogP contribution is -2.06. The maximum absolute atomic E-state index is 12.3. The number of nitro benzene ring substituents is 1. The molecule has 0 saturated carbocycles. The van der Waals surface area contributed by atoms with Crippen molar-refractivity contribution in [3.8, 4) is 5.69 Å². The van der Waals surface area contributed by atoms with E-state index in [0.29, 0.717) is 22.0 Å². The van der Waals surface area contributed by atoms with E-state index in [9.17, 15) is 19.7 Å². The van der Waals surface area contributed by atoms with Crippen molar-refractivity contribution >= 4 is 29.2 Å². The lowest BCUT2D eigenvalue weighted by atomic mass is 10.1. The van der Waals surface area contributed by atoms with Crippen molar-refractivity contribution in [1.29, 1.82) is 0 Å². The highest BCUT2D eigenvalue weighted by Gasteiger charge is 2.14. The van der Waals surface area contributed by atoms with Crippen molar-refractivity contribution in [2.45, 2.75) is 5.16 Å². The second-order valence-corrected chi connectivity index (χ2v) is 6.37. The standard InChI is InChI=1S/C17H13N5O5S/c1-27-16(24)12-4-6-13(7-5-12)21-17(18-19-20-21)28-10-15(23)11-2-8-14(9-3-11)22(25)26/h2-9H,10H2,1H3. The average Bonchev–Trinajstić information content (AvgIpc) is 3.20. The van der Waals surface area contributed by atoms with E-state index in [2.05, 4.69) is 20.3 Å². The van der Waals surface area contributed by atoms with Gasteiger partial charge in [0.1, 0.15) is 0 Å². The molecule has 0 aliphatic heterocycles. The highest BCUT2D eigenvalue weighted by molar-refractivity contribution is 7.99. The zero-order chi connectivity index (χ0) is 20.1. The number of carbonyl (C=O) groups is 2. The van der Waals surface area contributed by atoms with Gasteiger partial charge in [0, 0.05) is 17.7 Å². The number of Topliss-reactive ketones (excluding diaryl/α,β-unsaturated/α-hetero) is 1. The Hall–Kier alpha value is -3.60. The smallest absolute Gasteiger partial charge is 0.337 e. The van der Waals surface area contributed by atoms with Crippen molar-refractivity contribution in [3.05, 3.63) is 69.8 Å². The number of nitro groups is 1. The van der Waals surface area contributed by atoms with Crippen molar-refractivity contribution in [1.82, 2.24) is 20.2 Å². The number of rotatable bonds is 7. The van der Waals surface area contributed by atoms with Crippen LogP contribution in [0.1, 0.15) is 20.7 Å². The summed E-state index contributed by atoms with van der Waals surface area (Å²) >= 11 is 1.13. The number of aromatic nitrogens is 4. The molecular formula is C17H13N5O5S. The first-order valence-electron chi connectivity index (χ1n) is 7.87. The van der Waals surface area contributed by atoms with Crippen molar-refractivity contribution in [2.24, 2.45) is 0 Å². The van der Waals surface area contributed by atoms with E-state index < -0.39 is 10.9 Å². The van der Waals surface area contributed by atoms with Gasteiger partial charge in [-0.05, 0) is 46.8 Å². The number of nitrogens with zero attached hydrogens (tertiary/aromatic N) is 5. The van der Waals surface area contributed by atoms with Crippen LogP contribution >= 0.6 is 11.8 Å².